The quantitative estimate of drug-likeness (QED) is 0.864. The lowest BCUT2D eigenvalue weighted by Crippen LogP contribution is -2.41. The fraction of sp³-hybridized carbons (Fsp3) is 0.625. The Labute approximate surface area is 111 Å². The van der Waals surface area contributed by atoms with Crippen LogP contribution < -0.4 is 5.32 Å². The third-order valence-electron chi connectivity index (χ3n) is 3.97. The van der Waals surface area contributed by atoms with Gasteiger partial charge in [-0.15, -0.1) is 0 Å². The van der Waals surface area contributed by atoms with Crippen molar-refractivity contribution in [2.24, 2.45) is 5.41 Å². The second-order valence-corrected chi connectivity index (χ2v) is 5.53. The SMILES string of the molecule is CCc1ccc(CC2(CNC)CCCOC2)cc1. The zero-order valence-corrected chi connectivity index (χ0v) is 11.7. The van der Waals surface area contributed by atoms with Crippen LogP contribution in [-0.4, -0.2) is 26.8 Å². The maximum absolute atomic E-state index is 5.72. The van der Waals surface area contributed by atoms with Gasteiger partial charge in [-0.25, -0.2) is 0 Å². The van der Waals surface area contributed by atoms with Gasteiger partial charge in [-0.2, -0.15) is 0 Å². The highest BCUT2D eigenvalue weighted by Crippen LogP contribution is 2.32. The van der Waals surface area contributed by atoms with Gasteiger partial charge in [0.25, 0.3) is 0 Å². The molecule has 18 heavy (non-hydrogen) atoms. The molecular weight excluding hydrogens is 222 g/mol. The summed E-state index contributed by atoms with van der Waals surface area (Å²) in [5, 5.41) is 3.34. The van der Waals surface area contributed by atoms with Crippen molar-refractivity contribution < 1.29 is 4.74 Å². The van der Waals surface area contributed by atoms with Crippen molar-refractivity contribution in [2.75, 3.05) is 26.8 Å². The third-order valence-corrected chi connectivity index (χ3v) is 3.97. The van der Waals surface area contributed by atoms with Gasteiger partial charge in [-0.3, -0.25) is 0 Å². The summed E-state index contributed by atoms with van der Waals surface area (Å²) >= 11 is 0. The molecule has 0 aliphatic carbocycles. The molecule has 1 N–H and O–H groups in total. The Balaban J connectivity index is 2.07. The van der Waals surface area contributed by atoms with Crippen molar-refractivity contribution in [3.8, 4) is 0 Å². The van der Waals surface area contributed by atoms with Gasteiger partial charge >= 0.3 is 0 Å². The minimum absolute atomic E-state index is 0.292. The van der Waals surface area contributed by atoms with Crippen LogP contribution in [0.3, 0.4) is 0 Å². The van der Waals surface area contributed by atoms with E-state index in [9.17, 15) is 0 Å². The van der Waals surface area contributed by atoms with Crippen molar-refractivity contribution >= 4 is 0 Å². The number of hydrogen-bond donors (Lipinski definition) is 1. The summed E-state index contributed by atoms with van der Waals surface area (Å²) in [7, 11) is 2.04. The molecule has 1 aliphatic rings. The normalized spacial score (nSPS) is 24.1. The van der Waals surface area contributed by atoms with E-state index in [2.05, 4.69) is 36.5 Å². The Kier molecular flexibility index (Phi) is 4.79. The lowest BCUT2D eigenvalue weighted by atomic mass is 9.77. The van der Waals surface area contributed by atoms with Crippen LogP contribution in [0.4, 0.5) is 0 Å². The summed E-state index contributed by atoms with van der Waals surface area (Å²) in [5.74, 6) is 0. The summed E-state index contributed by atoms with van der Waals surface area (Å²) < 4.78 is 5.72. The molecule has 0 saturated carbocycles. The molecule has 1 aromatic carbocycles. The molecule has 1 saturated heterocycles. The van der Waals surface area contributed by atoms with Crippen molar-refractivity contribution in [1.29, 1.82) is 0 Å². The average Bonchev–Trinajstić information content (AvgIpc) is 2.41. The number of hydrogen-bond acceptors (Lipinski definition) is 2. The van der Waals surface area contributed by atoms with Crippen LogP contribution in [0.1, 0.15) is 30.9 Å². The minimum Gasteiger partial charge on any atom is -0.381 e. The average molecular weight is 247 g/mol. The molecule has 0 bridgehead atoms. The number of rotatable bonds is 5. The molecule has 1 fully saturated rings. The number of aryl methyl sites for hydroxylation is 1. The smallest absolute Gasteiger partial charge is 0.0537 e. The first kappa shape index (κ1) is 13.6. The van der Waals surface area contributed by atoms with E-state index < -0.39 is 0 Å². The van der Waals surface area contributed by atoms with Crippen LogP contribution in [0.5, 0.6) is 0 Å². The Bertz CT molecular complexity index is 346. The van der Waals surface area contributed by atoms with Gasteiger partial charge < -0.3 is 10.1 Å². The molecule has 0 spiro atoms. The molecule has 1 unspecified atom stereocenters. The Hall–Kier alpha value is -0.860. The molecule has 2 heteroatoms. The van der Waals surface area contributed by atoms with E-state index in [0.717, 1.165) is 32.6 Å². The summed E-state index contributed by atoms with van der Waals surface area (Å²) in [6.07, 6.45) is 4.70. The standard InChI is InChI=1S/C16H25NO/c1-3-14-5-7-15(8-6-14)11-16(12-17-2)9-4-10-18-13-16/h5-8,17H,3-4,9-13H2,1-2H3. The van der Waals surface area contributed by atoms with Gasteiger partial charge in [-0.05, 0) is 43.9 Å². The van der Waals surface area contributed by atoms with Gasteiger partial charge in [0.1, 0.15) is 0 Å². The van der Waals surface area contributed by atoms with Crippen LogP contribution >= 0.6 is 0 Å². The van der Waals surface area contributed by atoms with Gasteiger partial charge in [0.05, 0.1) is 6.61 Å². The van der Waals surface area contributed by atoms with E-state index in [-0.39, 0.29) is 0 Å². The predicted molar refractivity (Wildman–Crippen MR) is 75.9 cm³/mol. The third kappa shape index (κ3) is 3.33. The molecule has 1 heterocycles. The fourth-order valence-electron chi connectivity index (χ4n) is 2.95. The summed E-state index contributed by atoms with van der Waals surface area (Å²) in [5.41, 5.74) is 3.15. The van der Waals surface area contributed by atoms with E-state index in [0.29, 0.717) is 5.41 Å². The second kappa shape index (κ2) is 6.35. The van der Waals surface area contributed by atoms with E-state index in [1.807, 2.05) is 7.05 Å². The van der Waals surface area contributed by atoms with Gasteiger partial charge in [0, 0.05) is 18.6 Å². The summed E-state index contributed by atoms with van der Waals surface area (Å²) in [6, 6.07) is 9.08. The maximum Gasteiger partial charge on any atom is 0.0537 e. The van der Waals surface area contributed by atoms with E-state index in [1.54, 1.807) is 0 Å². The van der Waals surface area contributed by atoms with E-state index >= 15 is 0 Å². The molecule has 1 atom stereocenters. The van der Waals surface area contributed by atoms with Gasteiger partial charge in [-0.1, -0.05) is 31.2 Å². The Morgan fingerprint density at radius 3 is 2.50 bits per heavy atom. The summed E-state index contributed by atoms with van der Waals surface area (Å²) in [6.45, 7) is 5.07. The zero-order valence-electron chi connectivity index (χ0n) is 11.7. The first-order chi connectivity index (χ1) is 8.78. The topological polar surface area (TPSA) is 21.3 Å². The molecule has 2 rings (SSSR count). The highest BCUT2D eigenvalue weighted by Gasteiger charge is 2.32. The van der Waals surface area contributed by atoms with Crippen LogP contribution in [-0.2, 0) is 17.6 Å². The number of benzene rings is 1. The van der Waals surface area contributed by atoms with E-state index in [1.165, 1.54) is 24.0 Å². The lowest BCUT2D eigenvalue weighted by Gasteiger charge is -2.37. The molecule has 1 aliphatic heterocycles. The molecule has 0 radical (unpaired) electrons. The highest BCUT2D eigenvalue weighted by molar-refractivity contribution is 5.23. The molecular formula is C16H25NO. The first-order valence-corrected chi connectivity index (χ1v) is 7.08. The number of nitrogens with one attached hydrogen (secondary N) is 1. The highest BCUT2D eigenvalue weighted by atomic mass is 16.5. The first-order valence-electron chi connectivity index (χ1n) is 7.08. The van der Waals surface area contributed by atoms with Crippen molar-refractivity contribution in [3.05, 3.63) is 35.4 Å². The second-order valence-electron chi connectivity index (χ2n) is 5.53. The monoisotopic (exact) mass is 247 g/mol. The minimum atomic E-state index is 0.292. The predicted octanol–water partition coefficient (Wildman–Crippen LogP) is 2.81. The van der Waals surface area contributed by atoms with E-state index in [4.69, 9.17) is 4.74 Å². The Morgan fingerprint density at radius 1 is 1.22 bits per heavy atom. The van der Waals surface area contributed by atoms with Crippen molar-refractivity contribution in [2.45, 2.75) is 32.6 Å². The van der Waals surface area contributed by atoms with Crippen LogP contribution in [0.25, 0.3) is 0 Å². The molecule has 100 valence electrons. The maximum atomic E-state index is 5.72. The van der Waals surface area contributed by atoms with Crippen LogP contribution in [0.2, 0.25) is 0 Å². The van der Waals surface area contributed by atoms with Gasteiger partial charge in [0.2, 0.25) is 0 Å². The number of ether oxygens (including phenoxy) is 1. The molecule has 1 aromatic rings. The van der Waals surface area contributed by atoms with Crippen molar-refractivity contribution in [3.63, 3.8) is 0 Å². The Morgan fingerprint density at radius 2 is 1.94 bits per heavy atom. The molecule has 0 amide bonds. The van der Waals surface area contributed by atoms with Crippen LogP contribution in [0, 0.1) is 5.41 Å². The fourth-order valence-corrected chi connectivity index (χ4v) is 2.95. The van der Waals surface area contributed by atoms with Crippen LogP contribution in [0.15, 0.2) is 24.3 Å². The van der Waals surface area contributed by atoms with Gasteiger partial charge in [0.15, 0.2) is 0 Å². The summed E-state index contributed by atoms with van der Waals surface area (Å²) in [4.78, 5) is 0. The largest absolute Gasteiger partial charge is 0.381 e. The molecule has 2 nitrogen and oxygen atoms in total. The van der Waals surface area contributed by atoms with Crippen molar-refractivity contribution in [1.82, 2.24) is 5.32 Å². The lowest BCUT2D eigenvalue weighted by molar-refractivity contribution is -0.00624. The molecule has 0 aromatic heterocycles. The zero-order chi connectivity index (χ0) is 12.8.